The molecule has 122 valence electrons. The van der Waals surface area contributed by atoms with E-state index in [9.17, 15) is 14.7 Å². The molecule has 0 spiro atoms. The average Bonchev–Trinajstić information content (AvgIpc) is 2.77. The maximum atomic E-state index is 12.6. The van der Waals surface area contributed by atoms with Gasteiger partial charge in [0, 0.05) is 12.6 Å². The van der Waals surface area contributed by atoms with E-state index < -0.39 is 18.3 Å². The van der Waals surface area contributed by atoms with Gasteiger partial charge in [-0.05, 0) is 25.7 Å². The van der Waals surface area contributed by atoms with Gasteiger partial charge in [0.25, 0.3) is 5.91 Å². The molecule has 3 unspecified atom stereocenters. The summed E-state index contributed by atoms with van der Waals surface area (Å²) in [4.78, 5) is 26.0. The van der Waals surface area contributed by atoms with Crippen LogP contribution in [-0.4, -0.2) is 46.8 Å². The number of esters is 1. The number of cyclic esters (lactones) is 1. The lowest BCUT2D eigenvalue weighted by atomic mass is 9.94. The Morgan fingerprint density at radius 3 is 2.86 bits per heavy atom. The van der Waals surface area contributed by atoms with Crippen molar-refractivity contribution < 1.29 is 19.4 Å². The highest BCUT2D eigenvalue weighted by Gasteiger charge is 2.36. The summed E-state index contributed by atoms with van der Waals surface area (Å²) in [5, 5.41) is 12.4. The van der Waals surface area contributed by atoms with Gasteiger partial charge in [-0.3, -0.25) is 9.59 Å². The second-order valence-electron chi connectivity index (χ2n) is 6.38. The van der Waals surface area contributed by atoms with Crippen LogP contribution in [0, 0.1) is 0 Å². The highest BCUT2D eigenvalue weighted by atomic mass is 16.6. The van der Waals surface area contributed by atoms with Gasteiger partial charge in [0.05, 0.1) is 12.1 Å². The minimum atomic E-state index is -1.23. The van der Waals surface area contributed by atoms with Gasteiger partial charge >= 0.3 is 5.97 Å². The monoisotopic (exact) mass is 308 g/mol. The first-order valence-electron chi connectivity index (χ1n) is 8.30. The molecule has 0 saturated carbocycles. The van der Waals surface area contributed by atoms with Crippen LogP contribution in [0.25, 0.3) is 0 Å². The van der Waals surface area contributed by atoms with Crippen LogP contribution in [0.1, 0.15) is 51.4 Å². The quantitative estimate of drug-likeness (QED) is 0.746. The molecule has 3 aliphatic rings. The fraction of sp³-hybridized carbons (Fsp3) is 0.750. The Bertz CT molecular complexity index is 477. The summed E-state index contributed by atoms with van der Waals surface area (Å²) in [6, 6.07) is -0.200. The summed E-state index contributed by atoms with van der Waals surface area (Å²) in [6.45, 7) is 0.909. The van der Waals surface area contributed by atoms with Gasteiger partial charge in [-0.1, -0.05) is 25.3 Å². The van der Waals surface area contributed by atoms with Gasteiger partial charge in [-0.2, -0.15) is 0 Å². The number of allylic oxidation sites excluding steroid dienone is 1. The largest absolute Gasteiger partial charge is 0.434 e. The molecule has 0 aromatic carbocycles. The number of fused-ring (bicyclic) bond motifs is 1. The molecule has 2 fully saturated rings. The first kappa shape index (κ1) is 15.3. The number of aliphatic hydroxyl groups is 1. The van der Waals surface area contributed by atoms with E-state index >= 15 is 0 Å². The molecular weight excluding hydrogens is 284 g/mol. The minimum absolute atomic E-state index is 0.0314. The minimum Gasteiger partial charge on any atom is -0.434 e. The Hall–Kier alpha value is -1.56. The van der Waals surface area contributed by atoms with Crippen molar-refractivity contribution in [2.24, 2.45) is 0 Å². The van der Waals surface area contributed by atoms with Gasteiger partial charge < -0.3 is 20.1 Å². The summed E-state index contributed by atoms with van der Waals surface area (Å²) in [5.41, 5.74) is 0.699. The topological polar surface area (TPSA) is 78.9 Å². The molecule has 2 N–H and O–H groups in total. The number of nitrogens with zero attached hydrogens (tertiary/aromatic N) is 1. The smallest absolute Gasteiger partial charge is 0.310 e. The van der Waals surface area contributed by atoms with Crippen LogP contribution in [0.5, 0.6) is 0 Å². The third-order valence-electron chi connectivity index (χ3n) is 4.81. The number of rotatable bonds is 2. The van der Waals surface area contributed by atoms with Crippen molar-refractivity contribution >= 4 is 11.9 Å². The summed E-state index contributed by atoms with van der Waals surface area (Å²) >= 11 is 0. The van der Waals surface area contributed by atoms with Crippen molar-refractivity contribution in [3.63, 3.8) is 0 Å². The summed E-state index contributed by atoms with van der Waals surface area (Å²) in [5.74, 6) is -0.674. The lowest BCUT2D eigenvalue weighted by Crippen LogP contribution is -2.48. The molecule has 0 aliphatic carbocycles. The molecule has 0 aromatic heterocycles. The van der Waals surface area contributed by atoms with E-state index in [2.05, 4.69) is 15.0 Å². The zero-order chi connectivity index (χ0) is 15.5. The van der Waals surface area contributed by atoms with Crippen molar-refractivity contribution in [3.8, 4) is 0 Å². The second-order valence-corrected chi connectivity index (χ2v) is 6.38. The second kappa shape index (κ2) is 6.69. The van der Waals surface area contributed by atoms with E-state index in [1.54, 1.807) is 0 Å². The molecule has 3 heterocycles. The van der Waals surface area contributed by atoms with Gasteiger partial charge in [-0.15, -0.1) is 0 Å². The van der Waals surface area contributed by atoms with Gasteiger partial charge in [0.1, 0.15) is 6.04 Å². The molecule has 3 atom stereocenters. The van der Waals surface area contributed by atoms with Crippen LogP contribution in [0.2, 0.25) is 0 Å². The Morgan fingerprint density at radius 2 is 2.09 bits per heavy atom. The van der Waals surface area contributed by atoms with Gasteiger partial charge in [0.15, 0.2) is 0 Å². The van der Waals surface area contributed by atoms with Crippen molar-refractivity contribution in [1.29, 1.82) is 0 Å². The van der Waals surface area contributed by atoms with E-state index in [-0.39, 0.29) is 12.3 Å². The maximum Gasteiger partial charge on any atom is 0.310 e. The summed E-state index contributed by atoms with van der Waals surface area (Å²) in [6.07, 6.45) is 8.75. The van der Waals surface area contributed by atoms with Crippen LogP contribution in [0.3, 0.4) is 0 Å². The molecule has 22 heavy (non-hydrogen) atoms. The zero-order valence-electron chi connectivity index (χ0n) is 12.8. The van der Waals surface area contributed by atoms with E-state index in [4.69, 9.17) is 0 Å². The predicted molar refractivity (Wildman–Crippen MR) is 79.5 cm³/mol. The molecule has 6 nitrogen and oxygen atoms in total. The third kappa shape index (κ3) is 3.27. The Morgan fingerprint density at radius 1 is 1.27 bits per heavy atom. The lowest BCUT2D eigenvalue weighted by Gasteiger charge is -2.39. The predicted octanol–water partition coefficient (Wildman–Crippen LogP) is 1.05. The van der Waals surface area contributed by atoms with Crippen LogP contribution in [0.4, 0.5) is 0 Å². The fourth-order valence-electron chi connectivity index (χ4n) is 3.63. The summed E-state index contributed by atoms with van der Waals surface area (Å²) < 4.78 is 4.67. The third-order valence-corrected chi connectivity index (χ3v) is 4.81. The van der Waals surface area contributed by atoms with Crippen LogP contribution in [-0.2, 0) is 14.3 Å². The first-order valence-corrected chi connectivity index (χ1v) is 8.30. The Labute approximate surface area is 130 Å². The van der Waals surface area contributed by atoms with Gasteiger partial charge in [-0.25, -0.2) is 0 Å². The molecular formula is C16H24N2O4. The molecule has 3 aliphatic heterocycles. The lowest BCUT2D eigenvalue weighted by molar-refractivity contribution is -0.155. The molecule has 6 heteroatoms. The van der Waals surface area contributed by atoms with Crippen LogP contribution >= 0.6 is 0 Å². The van der Waals surface area contributed by atoms with Crippen LogP contribution < -0.4 is 5.32 Å². The van der Waals surface area contributed by atoms with E-state index in [0.717, 1.165) is 32.2 Å². The highest BCUT2D eigenvalue weighted by molar-refractivity contribution is 5.93. The van der Waals surface area contributed by atoms with Crippen molar-refractivity contribution in [1.82, 2.24) is 10.2 Å². The maximum absolute atomic E-state index is 12.6. The van der Waals surface area contributed by atoms with Gasteiger partial charge in [0.2, 0.25) is 6.29 Å². The number of carbonyl (C=O) groups excluding carboxylic acids is 2. The van der Waals surface area contributed by atoms with E-state index in [1.807, 2.05) is 6.08 Å². The Kier molecular flexibility index (Phi) is 4.66. The normalized spacial score (nSPS) is 32.4. The van der Waals surface area contributed by atoms with Crippen LogP contribution in [0.15, 0.2) is 11.8 Å². The van der Waals surface area contributed by atoms with E-state index in [1.165, 1.54) is 19.3 Å². The number of nitrogens with one attached hydrogen (secondary N) is 1. The molecule has 3 rings (SSSR count). The highest BCUT2D eigenvalue weighted by Crippen LogP contribution is 2.28. The number of amides is 1. The standard InChI is InChI=1S/C16H24N2O4/c19-14-10-12(16(21)22-14)17-15(20)13-8-5-7-11-6-3-1-2-4-9-18(11)13/h8,11-12,16,21H,1-7,9-10H2,(H,17,20). The number of hydrogen-bond acceptors (Lipinski definition) is 5. The molecule has 0 aromatic rings. The fourth-order valence-corrected chi connectivity index (χ4v) is 3.63. The Balaban J connectivity index is 1.67. The summed E-state index contributed by atoms with van der Waals surface area (Å²) in [7, 11) is 0. The zero-order valence-corrected chi connectivity index (χ0v) is 12.8. The number of hydrogen-bond donors (Lipinski definition) is 2. The first-order chi connectivity index (χ1) is 10.6. The number of aliphatic hydroxyl groups excluding tert-OH is 1. The number of carbonyl (C=O) groups is 2. The molecule has 2 saturated heterocycles. The molecule has 0 bridgehead atoms. The van der Waals surface area contributed by atoms with E-state index in [0.29, 0.717) is 11.7 Å². The number of ether oxygens (including phenoxy) is 1. The SMILES string of the molecule is O=C1CC(NC(=O)C2=CCCC3CCCCCCN23)C(O)O1. The molecule has 1 amide bonds. The van der Waals surface area contributed by atoms with Crippen molar-refractivity contribution in [2.75, 3.05) is 6.54 Å². The van der Waals surface area contributed by atoms with Crippen molar-refractivity contribution in [3.05, 3.63) is 11.8 Å². The average molecular weight is 308 g/mol. The van der Waals surface area contributed by atoms with Crippen molar-refractivity contribution in [2.45, 2.75) is 69.7 Å². The molecule has 0 radical (unpaired) electrons.